The molecule has 3 heterocycles. The molecule has 1 saturated heterocycles. The molecule has 3 aliphatic rings. The minimum Gasteiger partial charge on any atom is -0.488 e. The molecule has 190 valence electrons. The molecule has 35 heavy (non-hydrogen) atoms. The highest BCUT2D eigenvalue weighted by Crippen LogP contribution is 2.32. The summed E-state index contributed by atoms with van der Waals surface area (Å²) in [5.41, 5.74) is 1.70. The van der Waals surface area contributed by atoms with E-state index in [1.165, 1.54) is 64.3 Å². The van der Waals surface area contributed by atoms with Gasteiger partial charge in [0.05, 0.1) is 25.6 Å². The SMILES string of the molecule is COc1ncc(Nc2nc(C)cc(NCC3CCCCC3)n2)cc1OC[C@@H]1CCN(C2CCC2)C1. The summed E-state index contributed by atoms with van der Waals surface area (Å²) in [4.78, 5) is 16.4. The van der Waals surface area contributed by atoms with Gasteiger partial charge >= 0.3 is 0 Å². The predicted octanol–water partition coefficient (Wildman–Crippen LogP) is 5.18. The first-order valence-electron chi connectivity index (χ1n) is 13.4. The summed E-state index contributed by atoms with van der Waals surface area (Å²) in [7, 11) is 1.63. The Morgan fingerprint density at radius 2 is 1.86 bits per heavy atom. The number of methoxy groups -OCH3 is 1. The van der Waals surface area contributed by atoms with Crippen LogP contribution in [0.4, 0.5) is 17.5 Å². The fourth-order valence-electron chi connectivity index (χ4n) is 5.53. The van der Waals surface area contributed by atoms with E-state index in [1.54, 1.807) is 13.3 Å². The van der Waals surface area contributed by atoms with Gasteiger partial charge in [-0.15, -0.1) is 0 Å². The summed E-state index contributed by atoms with van der Waals surface area (Å²) in [6, 6.07) is 4.74. The van der Waals surface area contributed by atoms with Crippen molar-refractivity contribution < 1.29 is 9.47 Å². The van der Waals surface area contributed by atoms with Gasteiger partial charge in [0, 0.05) is 42.9 Å². The third-order valence-corrected chi connectivity index (χ3v) is 7.80. The van der Waals surface area contributed by atoms with E-state index >= 15 is 0 Å². The highest BCUT2D eigenvalue weighted by atomic mass is 16.5. The van der Waals surface area contributed by atoms with Crippen LogP contribution >= 0.6 is 0 Å². The lowest BCUT2D eigenvalue weighted by Crippen LogP contribution is -2.38. The van der Waals surface area contributed by atoms with Gasteiger partial charge in [0.1, 0.15) is 5.82 Å². The average Bonchev–Trinajstić information content (AvgIpc) is 3.29. The quantitative estimate of drug-likeness (QED) is 0.481. The van der Waals surface area contributed by atoms with Crippen LogP contribution in [0.25, 0.3) is 0 Å². The molecule has 0 aromatic carbocycles. The molecule has 0 unspecified atom stereocenters. The summed E-state index contributed by atoms with van der Waals surface area (Å²) < 4.78 is 11.7. The molecule has 1 atom stereocenters. The molecule has 0 bridgehead atoms. The van der Waals surface area contributed by atoms with E-state index < -0.39 is 0 Å². The Morgan fingerprint density at radius 1 is 1.00 bits per heavy atom. The number of rotatable bonds is 10. The molecule has 8 heteroatoms. The molecule has 2 saturated carbocycles. The molecule has 1 aliphatic heterocycles. The van der Waals surface area contributed by atoms with Crippen LogP contribution in [0.3, 0.4) is 0 Å². The van der Waals surface area contributed by atoms with Crippen LogP contribution in [0.5, 0.6) is 11.6 Å². The highest BCUT2D eigenvalue weighted by Gasteiger charge is 2.31. The topological polar surface area (TPSA) is 84.4 Å². The van der Waals surface area contributed by atoms with Gasteiger partial charge in [0.25, 0.3) is 5.88 Å². The van der Waals surface area contributed by atoms with Gasteiger partial charge in [-0.05, 0) is 51.5 Å². The summed E-state index contributed by atoms with van der Waals surface area (Å²) in [5.74, 6) is 3.87. The van der Waals surface area contributed by atoms with Gasteiger partial charge in [-0.25, -0.2) is 9.97 Å². The maximum absolute atomic E-state index is 6.22. The van der Waals surface area contributed by atoms with E-state index in [0.717, 1.165) is 42.2 Å². The third-order valence-electron chi connectivity index (χ3n) is 7.80. The van der Waals surface area contributed by atoms with Gasteiger partial charge in [-0.2, -0.15) is 4.98 Å². The van der Waals surface area contributed by atoms with E-state index in [0.29, 0.717) is 30.1 Å². The van der Waals surface area contributed by atoms with Crippen molar-refractivity contribution in [3.63, 3.8) is 0 Å². The molecule has 2 N–H and O–H groups in total. The number of pyridine rings is 1. The molecular weight excluding hydrogens is 440 g/mol. The zero-order chi connectivity index (χ0) is 24.0. The summed E-state index contributed by atoms with van der Waals surface area (Å²) in [6.07, 6.45) is 13.7. The third kappa shape index (κ3) is 6.34. The molecule has 2 aromatic heterocycles. The predicted molar refractivity (Wildman–Crippen MR) is 139 cm³/mol. The van der Waals surface area contributed by atoms with Crippen LogP contribution in [0.1, 0.15) is 63.5 Å². The van der Waals surface area contributed by atoms with Crippen molar-refractivity contribution in [2.24, 2.45) is 11.8 Å². The smallest absolute Gasteiger partial charge is 0.256 e. The summed E-state index contributed by atoms with van der Waals surface area (Å²) in [6.45, 7) is 5.97. The van der Waals surface area contributed by atoms with Crippen LogP contribution < -0.4 is 20.1 Å². The Kier molecular flexibility index (Phi) is 7.86. The largest absolute Gasteiger partial charge is 0.488 e. The van der Waals surface area contributed by atoms with Crippen LogP contribution in [-0.2, 0) is 0 Å². The molecule has 0 amide bonds. The Morgan fingerprint density at radius 3 is 2.63 bits per heavy atom. The maximum Gasteiger partial charge on any atom is 0.256 e. The Hall–Kier alpha value is -2.61. The van der Waals surface area contributed by atoms with Gasteiger partial charge in [-0.3, -0.25) is 4.90 Å². The first kappa shape index (κ1) is 24.1. The van der Waals surface area contributed by atoms with Crippen molar-refractivity contribution in [3.8, 4) is 11.6 Å². The monoisotopic (exact) mass is 480 g/mol. The standard InChI is InChI=1S/C27H40N6O2/c1-19-13-25(28-15-20-7-4-3-5-8-20)32-27(30-19)31-22-14-24(26(34-2)29-16-22)35-18-21-11-12-33(17-21)23-9-6-10-23/h13-14,16,20-21,23H,3-12,15,17-18H2,1-2H3,(H2,28,30,31,32)/t21-/m1/s1. The Bertz CT molecular complexity index is 976. The van der Waals surface area contributed by atoms with Crippen molar-refractivity contribution in [2.75, 3.05) is 44.0 Å². The number of anilines is 3. The highest BCUT2D eigenvalue weighted by molar-refractivity contribution is 5.58. The molecule has 5 rings (SSSR count). The second kappa shape index (κ2) is 11.4. The van der Waals surface area contributed by atoms with Crippen molar-refractivity contribution in [1.82, 2.24) is 19.9 Å². The number of nitrogens with one attached hydrogen (secondary N) is 2. The minimum atomic E-state index is 0.504. The van der Waals surface area contributed by atoms with E-state index in [1.807, 2.05) is 19.1 Å². The Labute approximate surface area is 209 Å². The van der Waals surface area contributed by atoms with E-state index in [-0.39, 0.29) is 0 Å². The number of likely N-dealkylation sites (tertiary alicyclic amines) is 1. The number of hydrogen-bond acceptors (Lipinski definition) is 8. The van der Waals surface area contributed by atoms with Crippen LogP contribution in [0.15, 0.2) is 18.3 Å². The van der Waals surface area contributed by atoms with Crippen molar-refractivity contribution in [3.05, 3.63) is 24.0 Å². The van der Waals surface area contributed by atoms with E-state index in [2.05, 4.69) is 25.5 Å². The second-order valence-corrected chi connectivity index (χ2v) is 10.5. The molecule has 8 nitrogen and oxygen atoms in total. The lowest BCUT2D eigenvalue weighted by atomic mass is 9.89. The zero-order valence-electron chi connectivity index (χ0n) is 21.3. The number of nitrogens with zero attached hydrogens (tertiary/aromatic N) is 4. The molecule has 0 spiro atoms. The van der Waals surface area contributed by atoms with E-state index in [4.69, 9.17) is 14.5 Å². The second-order valence-electron chi connectivity index (χ2n) is 10.5. The Balaban J connectivity index is 1.19. The van der Waals surface area contributed by atoms with Crippen molar-refractivity contribution in [2.45, 2.75) is 70.8 Å². The minimum absolute atomic E-state index is 0.504. The fourth-order valence-corrected chi connectivity index (χ4v) is 5.53. The first-order chi connectivity index (χ1) is 17.2. The van der Waals surface area contributed by atoms with Crippen LogP contribution in [0, 0.1) is 18.8 Å². The van der Waals surface area contributed by atoms with Crippen LogP contribution in [-0.4, -0.2) is 59.2 Å². The van der Waals surface area contributed by atoms with Crippen molar-refractivity contribution >= 4 is 17.5 Å². The van der Waals surface area contributed by atoms with Crippen LogP contribution in [0.2, 0.25) is 0 Å². The number of aryl methyl sites for hydroxylation is 1. The molecule has 2 aliphatic carbocycles. The lowest BCUT2D eigenvalue weighted by Gasteiger charge is -2.34. The average molecular weight is 481 g/mol. The lowest BCUT2D eigenvalue weighted by molar-refractivity contribution is 0.145. The van der Waals surface area contributed by atoms with Crippen molar-refractivity contribution in [1.29, 1.82) is 0 Å². The van der Waals surface area contributed by atoms with E-state index in [9.17, 15) is 0 Å². The van der Waals surface area contributed by atoms with Gasteiger partial charge in [-0.1, -0.05) is 25.7 Å². The molecular formula is C27H40N6O2. The first-order valence-corrected chi connectivity index (χ1v) is 13.4. The van der Waals surface area contributed by atoms with Gasteiger partial charge in [0.2, 0.25) is 5.95 Å². The van der Waals surface area contributed by atoms with Gasteiger partial charge in [0.15, 0.2) is 5.75 Å². The van der Waals surface area contributed by atoms with Gasteiger partial charge < -0.3 is 20.1 Å². The molecule has 0 radical (unpaired) electrons. The molecule has 3 fully saturated rings. The summed E-state index contributed by atoms with van der Waals surface area (Å²) >= 11 is 0. The zero-order valence-corrected chi connectivity index (χ0v) is 21.3. The molecule has 2 aromatic rings. The number of aromatic nitrogens is 3. The fraction of sp³-hybridized carbons (Fsp3) is 0.667. The number of ether oxygens (including phenoxy) is 2. The summed E-state index contributed by atoms with van der Waals surface area (Å²) in [5, 5.41) is 6.84. The normalized spacial score (nSPS) is 21.5. The maximum atomic E-state index is 6.22. The number of hydrogen-bond donors (Lipinski definition) is 2.